The maximum Gasteiger partial charge on any atom is 0.248 e. The van der Waals surface area contributed by atoms with E-state index in [-0.39, 0.29) is 24.2 Å². The maximum atomic E-state index is 13.8. The van der Waals surface area contributed by atoms with Crippen LogP contribution in [0.1, 0.15) is 44.6 Å². The predicted molar refractivity (Wildman–Crippen MR) is 146 cm³/mol. The van der Waals surface area contributed by atoms with E-state index in [0.717, 1.165) is 48.0 Å². The highest BCUT2D eigenvalue weighted by Crippen LogP contribution is 2.37. The van der Waals surface area contributed by atoms with E-state index in [4.69, 9.17) is 9.73 Å². The van der Waals surface area contributed by atoms with Crippen molar-refractivity contribution >= 4 is 34.1 Å². The van der Waals surface area contributed by atoms with Crippen LogP contribution in [-0.4, -0.2) is 52.3 Å². The third kappa shape index (κ3) is 4.15. The molecule has 38 heavy (non-hydrogen) atoms. The number of amides is 1. The van der Waals surface area contributed by atoms with Crippen LogP contribution in [0.25, 0.3) is 10.9 Å². The largest absolute Gasteiger partial charge is 0.494 e. The quantitative estimate of drug-likeness (QED) is 0.484. The van der Waals surface area contributed by atoms with Crippen LogP contribution in [0.3, 0.4) is 0 Å². The van der Waals surface area contributed by atoms with Crippen LogP contribution in [0, 0.1) is 11.3 Å². The number of carbonyl (C=O) groups is 1. The molecule has 1 unspecified atom stereocenters. The Morgan fingerprint density at radius 2 is 2.03 bits per heavy atom. The summed E-state index contributed by atoms with van der Waals surface area (Å²) in [5, 5.41) is 24.1. The lowest BCUT2D eigenvalue weighted by Crippen LogP contribution is -2.64. The number of fused-ring (bicyclic) bond motifs is 2. The van der Waals surface area contributed by atoms with Crippen molar-refractivity contribution in [3.05, 3.63) is 60.1 Å². The highest BCUT2D eigenvalue weighted by molar-refractivity contribution is 6.03. The fourth-order valence-electron chi connectivity index (χ4n) is 5.84. The lowest BCUT2D eigenvalue weighted by atomic mass is 9.91. The van der Waals surface area contributed by atoms with Gasteiger partial charge in [0.15, 0.2) is 0 Å². The first-order valence-electron chi connectivity index (χ1n) is 13.0. The number of nitriles is 1. The van der Waals surface area contributed by atoms with E-state index in [1.807, 2.05) is 31.3 Å². The number of nitrogens with one attached hydrogen (secondary N) is 3. The Bertz CT molecular complexity index is 1480. The number of carbonyl (C=O) groups excluding carboxylic acids is 1. The van der Waals surface area contributed by atoms with E-state index in [9.17, 15) is 10.1 Å². The molecule has 1 aliphatic carbocycles. The number of aromatic nitrogens is 2. The van der Waals surface area contributed by atoms with E-state index >= 15 is 0 Å². The maximum absolute atomic E-state index is 13.8. The first-order valence-corrected chi connectivity index (χ1v) is 13.0. The number of anilines is 2. The molecule has 6 rings (SSSR count). The molecule has 1 amide bonds. The standard InChI is InChI=1S/C28H30N8O2/c1-17-27(37)36(22-10-6-7-18(11-22)14-29)23-16-30-28(33-26(23)35(17)21-8-4-3-5-9-21)32-20-12-19-15-31-34-25(19)24(13-20)38-2/h6-7,10-13,15-17,21,26H,3-5,8-9H2,1-2H3,(H,31,34)(H2,30,32,33)/t17-,26?/m1/s1. The molecular formula is C28H30N8O2. The monoisotopic (exact) mass is 510 g/mol. The van der Waals surface area contributed by atoms with Gasteiger partial charge in [-0.15, -0.1) is 0 Å². The van der Waals surface area contributed by atoms with Crippen molar-refractivity contribution in [3.63, 3.8) is 0 Å². The third-order valence-electron chi connectivity index (χ3n) is 7.66. The summed E-state index contributed by atoms with van der Waals surface area (Å²) in [4.78, 5) is 22.9. The predicted octanol–water partition coefficient (Wildman–Crippen LogP) is 4.05. The molecule has 0 spiro atoms. The smallest absolute Gasteiger partial charge is 0.248 e. The van der Waals surface area contributed by atoms with Gasteiger partial charge in [-0.2, -0.15) is 10.4 Å². The Labute approximate surface area is 221 Å². The van der Waals surface area contributed by atoms with E-state index in [0.29, 0.717) is 23.0 Å². The number of hydrogen-bond acceptors (Lipinski definition) is 8. The van der Waals surface area contributed by atoms with Crippen molar-refractivity contribution in [1.82, 2.24) is 20.4 Å². The topological polar surface area (TPSA) is 122 Å². The van der Waals surface area contributed by atoms with Crippen LogP contribution in [0.15, 0.2) is 59.5 Å². The molecule has 2 fully saturated rings. The van der Waals surface area contributed by atoms with Crippen molar-refractivity contribution in [2.45, 2.75) is 57.3 Å². The van der Waals surface area contributed by atoms with Crippen LogP contribution in [0.5, 0.6) is 5.75 Å². The van der Waals surface area contributed by atoms with Crippen LogP contribution in [-0.2, 0) is 4.79 Å². The zero-order valence-electron chi connectivity index (χ0n) is 21.4. The number of hydrogen-bond donors (Lipinski definition) is 3. The van der Waals surface area contributed by atoms with E-state index in [1.54, 1.807) is 36.4 Å². The SMILES string of the molecule is COc1cc(NC2=NC3C(=CN2)N(c2cccc(C#N)c2)C(=O)[C@@H](C)N3C2CCCCC2)cc2cn[nH]c12. The first kappa shape index (κ1) is 24.0. The van der Waals surface area contributed by atoms with Gasteiger partial charge in [0, 0.05) is 29.4 Å². The fraction of sp³-hybridized carbons (Fsp3) is 0.357. The summed E-state index contributed by atoms with van der Waals surface area (Å²) < 4.78 is 5.55. The number of guanidine groups is 1. The minimum Gasteiger partial charge on any atom is -0.494 e. The van der Waals surface area contributed by atoms with Gasteiger partial charge in [0.1, 0.15) is 17.4 Å². The molecule has 2 aliphatic heterocycles. The van der Waals surface area contributed by atoms with E-state index in [1.165, 1.54) is 6.42 Å². The lowest BCUT2D eigenvalue weighted by molar-refractivity contribution is -0.127. The summed E-state index contributed by atoms with van der Waals surface area (Å²) in [6, 6.07) is 13.1. The number of H-pyrrole nitrogens is 1. The molecule has 0 bridgehead atoms. The van der Waals surface area contributed by atoms with Gasteiger partial charge in [-0.25, -0.2) is 4.99 Å². The number of piperazine rings is 1. The minimum absolute atomic E-state index is 0.0169. The van der Waals surface area contributed by atoms with Crippen molar-refractivity contribution < 1.29 is 9.53 Å². The van der Waals surface area contributed by atoms with Crippen LogP contribution < -0.4 is 20.3 Å². The van der Waals surface area contributed by atoms with Crippen molar-refractivity contribution in [2.24, 2.45) is 4.99 Å². The summed E-state index contributed by atoms with van der Waals surface area (Å²) in [6.07, 6.45) is 8.87. The summed E-state index contributed by atoms with van der Waals surface area (Å²) >= 11 is 0. The Kier molecular flexibility index (Phi) is 6.21. The average molecular weight is 511 g/mol. The molecule has 3 heterocycles. The molecule has 1 aromatic heterocycles. The molecule has 2 atom stereocenters. The van der Waals surface area contributed by atoms with Gasteiger partial charge in [0.05, 0.1) is 42.4 Å². The van der Waals surface area contributed by atoms with E-state index < -0.39 is 0 Å². The van der Waals surface area contributed by atoms with Gasteiger partial charge >= 0.3 is 0 Å². The van der Waals surface area contributed by atoms with Gasteiger partial charge in [0.2, 0.25) is 11.9 Å². The molecule has 0 radical (unpaired) electrons. The summed E-state index contributed by atoms with van der Waals surface area (Å²) in [6.45, 7) is 1.97. The molecule has 194 valence electrons. The fourth-order valence-corrected chi connectivity index (χ4v) is 5.84. The summed E-state index contributed by atoms with van der Waals surface area (Å²) in [5.74, 6) is 1.24. The Balaban J connectivity index is 1.38. The number of methoxy groups -OCH3 is 1. The lowest BCUT2D eigenvalue weighted by Gasteiger charge is -2.49. The van der Waals surface area contributed by atoms with Crippen molar-refractivity contribution in [3.8, 4) is 11.8 Å². The van der Waals surface area contributed by atoms with Gasteiger partial charge < -0.3 is 15.4 Å². The second-order valence-electron chi connectivity index (χ2n) is 9.95. The minimum atomic E-state index is -0.364. The molecule has 10 heteroatoms. The second kappa shape index (κ2) is 9.84. The number of rotatable bonds is 4. The number of aliphatic imine (C=N–C) groups is 1. The summed E-state index contributed by atoms with van der Waals surface area (Å²) in [5.41, 5.74) is 3.57. The van der Waals surface area contributed by atoms with Crippen LogP contribution in [0.4, 0.5) is 11.4 Å². The normalized spacial score (nSPS) is 22.2. The zero-order chi connectivity index (χ0) is 26.2. The second-order valence-corrected chi connectivity index (χ2v) is 9.95. The van der Waals surface area contributed by atoms with Crippen molar-refractivity contribution in [2.75, 3.05) is 17.3 Å². The number of benzene rings is 2. The third-order valence-corrected chi connectivity index (χ3v) is 7.66. The molecule has 2 aromatic carbocycles. The Hall–Kier alpha value is -4.36. The molecular weight excluding hydrogens is 480 g/mol. The van der Waals surface area contributed by atoms with E-state index in [2.05, 4.69) is 31.8 Å². The van der Waals surface area contributed by atoms with Gasteiger partial charge in [-0.3, -0.25) is 19.7 Å². The zero-order valence-corrected chi connectivity index (χ0v) is 21.4. The Morgan fingerprint density at radius 3 is 2.82 bits per heavy atom. The van der Waals surface area contributed by atoms with Crippen LogP contribution >= 0.6 is 0 Å². The van der Waals surface area contributed by atoms with Crippen molar-refractivity contribution in [1.29, 1.82) is 5.26 Å². The molecule has 1 saturated heterocycles. The van der Waals surface area contributed by atoms with Crippen LogP contribution in [0.2, 0.25) is 0 Å². The van der Waals surface area contributed by atoms with Gasteiger partial charge in [0.25, 0.3) is 0 Å². The molecule has 3 N–H and O–H groups in total. The molecule has 1 saturated carbocycles. The highest BCUT2D eigenvalue weighted by Gasteiger charge is 2.46. The number of aromatic amines is 1. The molecule has 10 nitrogen and oxygen atoms in total. The first-order chi connectivity index (χ1) is 18.6. The molecule has 3 aromatic rings. The number of nitrogens with zero attached hydrogens (tertiary/aromatic N) is 5. The molecule has 3 aliphatic rings. The van der Waals surface area contributed by atoms with Gasteiger partial charge in [-0.1, -0.05) is 25.3 Å². The van der Waals surface area contributed by atoms with Gasteiger partial charge in [-0.05, 0) is 44.0 Å². The Morgan fingerprint density at radius 1 is 1.18 bits per heavy atom. The number of ether oxygens (including phenoxy) is 1. The highest BCUT2D eigenvalue weighted by atomic mass is 16.5. The average Bonchev–Trinajstić information content (AvgIpc) is 3.43. The summed E-state index contributed by atoms with van der Waals surface area (Å²) in [7, 11) is 1.63.